The lowest BCUT2D eigenvalue weighted by Gasteiger charge is -2.00. The Hall–Kier alpha value is -1.19. The largest absolute Gasteiger partial charge is 0.399 e. The predicted octanol–water partition coefficient (Wildman–Crippen LogP) is -0.858. The maximum absolute atomic E-state index is 10.3. The lowest BCUT2D eigenvalue weighted by atomic mass is 10.4. The second kappa shape index (κ2) is 4.67. The van der Waals surface area contributed by atoms with Gasteiger partial charge < -0.3 is 16.4 Å². The van der Waals surface area contributed by atoms with Crippen molar-refractivity contribution in [3.05, 3.63) is 11.9 Å². The molecule has 4 nitrogen and oxygen atoms in total. The molecule has 0 radical (unpaired) electrons. The first kappa shape index (κ1) is 8.81. The molecule has 0 aromatic rings. The third-order valence-electron chi connectivity index (χ3n) is 0.871. The van der Waals surface area contributed by atoms with Crippen molar-refractivity contribution < 1.29 is 4.79 Å². The molecule has 4 N–H and O–H groups in total. The van der Waals surface area contributed by atoms with Crippen LogP contribution in [0.25, 0.3) is 0 Å². The molecule has 0 saturated carbocycles. The Bertz CT molecular complexity index is 142. The summed E-state index contributed by atoms with van der Waals surface area (Å²) in [7, 11) is 1.75. The van der Waals surface area contributed by atoms with Gasteiger partial charge in [0.05, 0.1) is 6.54 Å². The van der Waals surface area contributed by atoms with E-state index in [1.807, 2.05) is 0 Å². The monoisotopic (exact) mass is 143 g/mol. The van der Waals surface area contributed by atoms with Gasteiger partial charge in [-0.25, -0.2) is 0 Å². The van der Waals surface area contributed by atoms with Gasteiger partial charge in [-0.2, -0.15) is 0 Å². The van der Waals surface area contributed by atoms with Gasteiger partial charge in [0.15, 0.2) is 0 Å². The zero-order valence-electron chi connectivity index (χ0n) is 6.27. The molecule has 10 heavy (non-hydrogen) atoms. The normalized spacial score (nSPS) is 10.8. The first-order valence-corrected chi connectivity index (χ1v) is 3.03. The summed E-state index contributed by atoms with van der Waals surface area (Å²) in [6.45, 7) is 1.85. The van der Waals surface area contributed by atoms with E-state index in [9.17, 15) is 4.79 Å². The van der Waals surface area contributed by atoms with Crippen molar-refractivity contribution in [2.24, 2.45) is 5.73 Å². The highest BCUT2D eigenvalue weighted by Crippen LogP contribution is 1.75. The highest BCUT2D eigenvalue weighted by Gasteiger charge is 1.90. The molecule has 0 unspecified atom stereocenters. The topological polar surface area (TPSA) is 67.2 Å². The summed E-state index contributed by atoms with van der Waals surface area (Å²) in [5, 5.41) is 5.31. The molecule has 0 aliphatic rings. The number of carbonyl (C=O) groups excluding carboxylic acids is 1. The summed E-state index contributed by atoms with van der Waals surface area (Å²) in [6, 6.07) is 0. The van der Waals surface area contributed by atoms with Gasteiger partial charge in [-0.1, -0.05) is 0 Å². The van der Waals surface area contributed by atoms with Gasteiger partial charge in [0.25, 0.3) is 0 Å². The SMILES string of the molecule is CN/C=C(\N)CNC(C)=O. The van der Waals surface area contributed by atoms with Crippen LogP contribution >= 0.6 is 0 Å². The quantitative estimate of drug-likeness (QED) is 0.481. The standard InChI is InChI=1S/C6H13N3O/c1-5(10)9-4-6(7)3-8-2/h3,8H,4,7H2,1-2H3,(H,9,10)/b6-3-. The third-order valence-corrected chi connectivity index (χ3v) is 0.871. The smallest absolute Gasteiger partial charge is 0.217 e. The Kier molecular flexibility index (Phi) is 4.11. The molecular weight excluding hydrogens is 130 g/mol. The van der Waals surface area contributed by atoms with Gasteiger partial charge in [-0.15, -0.1) is 0 Å². The highest BCUT2D eigenvalue weighted by atomic mass is 16.1. The van der Waals surface area contributed by atoms with E-state index in [0.717, 1.165) is 0 Å². The maximum atomic E-state index is 10.3. The fraction of sp³-hybridized carbons (Fsp3) is 0.500. The van der Waals surface area contributed by atoms with Crippen molar-refractivity contribution >= 4 is 5.91 Å². The van der Waals surface area contributed by atoms with Gasteiger partial charge in [0, 0.05) is 25.9 Å². The third kappa shape index (κ3) is 4.96. The van der Waals surface area contributed by atoms with Gasteiger partial charge in [-0.05, 0) is 0 Å². The van der Waals surface area contributed by atoms with Crippen LogP contribution in [-0.2, 0) is 4.79 Å². The van der Waals surface area contributed by atoms with Crippen LogP contribution in [0.4, 0.5) is 0 Å². The van der Waals surface area contributed by atoms with Gasteiger partial charge in [0.2, 0.25) is 5.91 Å². The average molecular weight is 143 g/mol. The van der Waals surface area contributed by atoms with Crippen LogP contribution in [0.5, 0.6) is 0 Å². The molecule has 0 aliphatic heterocycles. The number of nitrogens with two attached hydrogens (primary N) is 1. The number of rotatable bonds is 3. The fourth-order valence-corrected chi connectivity index (χ4v) is 0.463. The number of hydrogen-bond donors (Lipinski definition) is 3. The van der Waals surface area contributed by atoms with Crippen molar-refractivity contribution in [3.63, 3.8) is 0 Å². The Morgan fingerprint density at radius 3 is 2.70 bits per heavy atom. The van der Waals surface area contributed by atoms with Crippen LogP contribution in [0, 0.1) is 0 Å². The summed E-state index contributed by atoms with van der Waals surface area (Å²) in [4.78, 5) is 10.3. The van der Waals surface area contributed by atoms with Gasteiger partial charge >= 0.3 is 0 Å². The summed E-state index contributed by atoms with van der Waals surface area (Å²) in [5.41, 5.74) is 6.03. The van der Waals surface area contributed by atoms with Gasteiger partial charge in [-0.3, -0.25) is 4.79 Å². The van der Waals surface area contributed by atoms with E-state index in [-0.39, 0.29) is 5.91 Å². The van der Waals surface area contributed by atoms with Gasteiger partial charge in [0.1, 0.15) is 0 Å². The Morgan fingerprint density at radius 2 is 2.30 bits per heavy atom. The second-order valence-electron chi connectivity index (χ2n) is 1.92. The van der Waals surface area contributed by atoms with E-state index in [0.29, 0.717) is 12.2 Å². The molecule has 0 heterocycles. The van der Waals surface area contributed by atoms with Crippen LogP contribution in [0.15, 0.2) is 11.9 Å². The lowest BCUT2D eigenvalue weighted by Crippen LogP contribution is -2.26. The lowest BCUT2D eigenvalue weighted by molar-refractivity contribution is -0.118. The molecule has 1 amide bonds. The van der Waals surface area contributed by atoms with E-state index in [1.165, 1.54) is 6.92 Å². The maximum Gasteiger partial charge on any atom is 0.217 e. The first-order valence-electron chi connectivity index (χ1n) is 3.03. The molecule has 0 atom stereocenters. The van der Waals surface area contributed by atoms with Crippen LogP contribution in [0.1, 0.15) is 6.92 Å². The molecule has 0 aromatic heterocycles. The molecule has 0 aromatic carbocycles. The molecule has 58 valence electrons. The van der Waals surface area contributed by atoms with E-state index >= 15 is 0 Å². The predicted molar refractivity (Wildman–Crippen MR) is 40.0 cm³/mol. The van der Waals surface area contributed by atoms with Crippen LogP contribution in [0.2, 0.25) is 0 Å². The molecule has 0 rings (SSSR count). The van der Waals surface area contributed by atoms with Crippen molar-refractivity contribution in [2.45, 2.75) is 6.92 Å². The number of carbonyl (C=O) groups is 1. The Labute approximate surface area is 60.5 Å². The van der Waals surface area contributed by atoms with E-state index < -0.39 is 0 Å². The summed E-state index contributed by atoms with van der Waals surface area (Å²) < 4.78 is 0. The zero-order valence-corrected chi connectivity index (χ0v) is 6.27. The number of hydrogen-bond acceptors (Lipinski definition) is 3. The van der Waals surface area contributed by atoms with E-state index in [4.69, 9.17) is 5.73 Å². The summed E-state index contributed by atoms with van der Waals surface area (Å²) >= 11 is 0. The fourth-order valence-electron chi connectivity index (χ4n) is 0.463. The minimum absolute atomic E-state index is 0.0764. The van der Waals surface area contributed by atoms with Crippen LogP contribution in [-0.4, -0.2) is 19.5 Å². The summed E-state index contributed by atoms with van der Waals surface area (Å²) in [6.07, 6.45) is 1.63. The minimum atomic E-state index is -0.0764. The van der Waals surface area contributed by atoms with Crippen molar-refractivity contribution in [1.29, 1.82) is 0 Å². The molecule has 4 heteroatoms. The minimum Gasteiger partial charge on any atom is -0.399 e. The summed E-state index contributed by atoms with van der Waals surface area (Å²) in [5.74, 6) is -0.0764. The van der Waals surface area contributed by atoms with Crippen LogP contribution < -0.4 is 16.4 Å². The Balaban J connectivity index is 3.48. The molecule has 0 fully saturated rings. The Morgan fingerprint density at radius 1 is 1.70 bits per heavy atom. The van der Waals surface area contributed by atoms with Crippen molar-refractivity contribution in [2.75, 3.05) is 13.6 Å². The van der Waals surface area contributed by atoms with E-state index in [2.05, 4.69) is 10.6 Å². The van der Waals surface area contributed by atoms with Crippen molar-refractivity contribution in [1.82, 2.24) is 10.6 Å². The molecule has 0 aliphatic carbocycles. The highest BCUT2D eigenvalue weighted by molar-refractivity contribution is 5.73. The first-order chi connectivity index (χ1) is 4.66. The molecular formula is C6H13N3O. The molecule has 0 saturated heterocycles. The zero-order chi connectivity index (χ0) is 7.98. The van der Waals surface area contributed by atoms with Crippen LogP contribution in [0.3, 0.4) is 0 Å². The number of nitrogens with one attached hydrogen (secondary N) is 2. The number of amides is 1. The molecule has 0 spiro atoms. The second-order valence-corrected chi connectivity index (χ2v) is 1.92. The molecule has 0 bridgehead atoms. The average Bonchev–Trinajstić information content (AvgIpc) is 1.85. The van der Waals surface area contributed by atoms with E-state index in [1.54, 1.807) is 13.2 Å². The van der Waals surface area contributed by atoms with Crippen molar-refractivity contribution in [3.8, 4) is 0 Å².